The summed E-state index contributed by atoms with van der Waals surface area (Å²) in [5.41, 5.74) is 0.417. The van der Waals surface area contributed by atoms with E-state index in [1.165, 1.54) is 16.2 Å². The van der Waals surface area contributed by atoms with E-state index < -0.39 is 5.97 Å². The Hall–Kier alpha value is -2.23. The van der Waals surface area contributed by atoms with Crippen LogP contribution in [0.4, 0.5) is 5.00 Å². The number of amides is 2. The zero-order valence-electron chi connectivity index (χ0n) is 18.6. The van der Waals surface area contributed by atoms with Crippen molar-refractivity contribution in [3.63, 3.8) is 0 Å². The van der Waals surface area contributed by atoms with Gasteiger partial charge in [-0.05, 0) is 63.2 Å². The molecule has 0 bridgehead atoms. The Morgan fingerprint density at radius 2 is 1.97 bits per heavy atom. The molecule has 0 aliphatic carbocycles. The van der Waals surface area contributed by atoms with Crippen molar-refractivity contribution in [2.24, 2.45) is 5.92 Å². The van der Waals surface area contributed by atoms with Crippen LogP contribution in [0.15, 0.2) is 23.6 Å². The predicted molar refractivity (Wildman–Crippen MR) is 128 cm³/mol. The molecule has 0 aromatic carbocycles. The maximum Gasteiger partial charge on any atom is 0.341 e. The van der Waals surface area contributed by atoms with E-state index in [1.807, 2.05) is 18.4 Å². The molecule has 1 fully saturated rings. The normalized spacial score (nSPS) is 14.8. The first kappa shape index (κ1) is 24.4. The van der Waals surface area contributed by atoms with E-state index in [0.29, 0.717) is 36.8 Å². The van der Waals surface area contributed by atoms with Gasteiger partial charge in [-0.15, -0.1) is 22.7 Å². The Labute approximate surface area is 197 Å². The fourth-order valence-corrected chi connectivity index (χ4v) is 5.41. The number of aryl methyl sites for hydroxylation is 1. The van der Waals surface area contributed by atoms with Gasteiger partial charge in [0.1, 0.15) is 5.00 Å². The van der Waals surface area contributed by atoms with Gasteiger partial charge in [-0.2, -0.15) is 0 Å². The van der Waals surface area contributed by atoms with Crippen molar-refractivity contribution in [2.45, 2.75) is 39.5 Å². The van der Waals surface area contributed by atoms with Crippen LogP contribution in [0.5, 0.6) is 0 Å². The van der Waals surface area contributed by atoms with Gasteiger partial charge in [0.2, 0.25) is 11.8 Å². The van der Waals surface area contributed by atoms with E-state index in [9.17, 15) is 14.4 Å². The van der Waals surface area contributed by atoms with Crippen LogP contribution in [0.2, 0.25) is 0 Å². The highest BCUT2D eigenvalue weighted by Gasteiger charge is 2.26. The largest absolute Gasteiger partial charge is 0.462 e. The first-order valence-electron chi connectivity index (χ1n) is 11.1. The van der Waals surface area contributed by atoms with Crippen LogP contribution in [0.1, 0.15) is 46.8 Å². The number of carbonyl (C=O) groups is 3. The molecule has 7 nitrogen and oxygen atoms in total. The lowest BCUT2D eigenvalue weighted by atomic mass is 9.96. The highest BCUT2D eigenvalue weighted by molar-refractivity contribution is 7.16. The molecule has 32 heavy (non-hydrogen) atoms. The van der Waals surface area contributed by atoms with E-state index in [4.69, 9.17) is 4.74 Å². The van der Waals surface area contributed by atoms with Crippen molar-refractivity contribution in [1.82, 2.24) is 10.2 Å². The van der Waals surface area contributed by atoms with Gasteiger partial charge in [0.05, 0.1) is 18.7 Å². The number of ether oxygens (including phenoxy) is 1. The third kappa shape index (κ3) is 6.88. The van der Waals surface area contributed by atoms with Gasteiger partial charge < -0.3 is 15.4 Å². The number of piperidine rings is 1. The minimum absolute atomic E-state index is 0.00234. The van der Waals surface area contributed by atoms with Crippen molar-refractivity contribution in [3.8, 4) is 0 Å². The molecule has 3 rings (SSSR count). The van der Waals surface area contributed by atoms with E-state index in [-0.39, 0.29) is 24.3 Å². The average molecular weight is 478 g/mol. The van der Waals surface area contributed by atoms with E-state index in [0.717, 1.165) is 30.6 Å². The van der Waals surface area contributed by atoms with Crippen molar-refractivity contribution in [3.05, 3.63) is 38.9 Å². The number of hydrogen-bond donors (Lipinski definition) is 2. The Bertz CT molecular complexity index is 902. The van der Waals surface area contributed by atoms with E-state index in [2.05, 4.69) is 21.6 Å². The topological polar surface area (TPSA) is 87.7 Å². The molecule has 0 saturated carbocycles. The van der Waals surface area contributed by atoms with Crippen molar-refractivity contribution in [2.75, 3.05) is 38.1 Å². The zero-order chi connectivity index (χ0) is 22.9. The molecule has 0 radical (unpaired) electrons. The molecule has 1 aliphatic rings. The molecule has 0 unspecified atom stereocenters. The smallest absolute Gasteiger partial charge is 0.341 e. The average Bonchev–Trinajstić information content (AvgIpc) is 3.44. The number of esters is 1. The highest BCUT2D eigenvalue weighted by atomic mass is 32.1. The van der Waals surface area contributed by atoms with Gasteiger partial charge in [-0.25, -0.2) is 4.79 Å². The lowest BCUT2D eigenvalue weighted by molar-refractivity contribution is -0.126. The summed E-state index contributed by atoms with van der Waals surface area (Å²) in [5.74, 6) is -0.462. The fraction of sp³-hybridized carbons (Fsp3) is 0.522. The van der Waals surface area contributed by atoms with Gasteiger partial charge in [0.25, 0.3) is 0 Å². The zero-order valence-corrected chi connectivity index (χ0v) is 20.3. The molecule has 1 saturated heterocycles. The highest BCUT2D eigenvalue weighted by Crippen LogP contribution is 2.29. The van der Waals surface area contributed by atoms with Crippen molar-refractivity contribution >= 4 is 45.5 Å². The van der Waals surface area contributed by atoms with E-state index >= 15 is 0 Å². The molecule has 2 aromatic rings. The molecule has 1 aliphatic heterocycles. The van der Waals surface area contributed by atoms with Gasteiger partial charge in [-0.3, -0.25) is 14.5 Å². The van der Waals surface area contributed by atoms with Crippen LogP contribution >= 0.6 is 22.7 Å². The quantitative estimate of drug-likeness (QED) is 0.511. The summed E-state index contributed by atoms with van der Waals surface area (Å²) in [7, 11) is 0. The molecule has 9 heteroatoms. The first-order chi connectivity index (χ1) is 15.5. The molecular formula is C23H31N3O4S2. The number of anilines is 1. The summed E-state index contributed by atoms with van der Waals surface area (Å²) >= 11 is 3.11. The second kappa shape index (κ2) is 12.1. The molecule has 0 atom stereocenters. The summed E-state index contributed by atoms with van der Waals surface area (Å²) < 4.78 is 5.11. The number of rotatable bonds is 10. The van der Waals surface area contributed by atoms with Crippen molar-refractivity contribution < 1.29 is 19.1 Å². The monoisotopic (exact) mass is 477 g/mol. The number of hydrogen-bond acceptors (Lipinski definition) is 7. The van der Waals surface area contributed by atoms with Crippen LogP contribution in [0.3, 0.4) is 0 Å². The fourth-order valence-electron chi connectivity index (χ4n) is 3.70. The summed E-state index contributed by atoms with van der Waals surface area (Å²) in [6, 6.07) is 5.89. The summed E-state index contributed by atoms with van der Waals surface area (Å²) in [6.45, 7) is 6.36. The number of carbonyl (C=O) groups excluding carboxylic acids is 3. The third-order valence-corrected chi connectivity index (χ3v) is 7.59. The minimum Gasteiger partial charge on any atom is -0.462 e. The van der Waals surface area contributed by atoms with Gasteiger partial charge in [-0.1, -0.05) is 13.0 Å². The predicted octanol–water partition coefficient (Wildman–Crippen LogP) is 3.56. The third-order valence-electron chi connectivity index (χ3n) is 5.46. The van der Waals surface area contributed by atoms with Gasteiger partial charge in [0, 0.05) is 22.2 Å². The minimum atomic E-state index is -0.412. The number of likely N-dealkylation sites (tertiary alicyclic amines) is 1. The number of nitrogens with one attached hydrogen (secondary N) is 2. The van der Waals surface area contributed by atoms with Crippen LogP contribution in [0, 0.1) is 5.92 Å². The summed E-state index contributed by atoms with van der Waals surface area (Å²) in [5, 5.41) is 8.52. The van der Waals surface area contributed by atoms with E-state index in [1.54, 1.807) is 24.3 Å². The molecule has 0 spiro atoms. The maximum atomic E-state index is 12.6. The molecule has 3 heterocycles. The Kier molecular flexibility index (Phi) is 9.25. The molecule has 174 valence electrons. The first-order valence-corrected chi connectivity index (χ1v) is 12.8. The molecule has 2 N–H and O–H groups in total. The standard InChI is InChI=1S/C23H31N3O4S2/c1-3-17-14-19(23(29)30-4-2)22(32-17)25-20(27)15-26-11-8-16(9-12-26)21(28)24-10-7-18-6-5-13-31-18/h5-6,13-14,16H,3-4,7-12,15H2,1-2H3,(H,24,28)(H,25,27). The summed E-state index contributed by atoms with van der Waals surface area (Å²) in [4.78, 5) is 41.6. The second-order valence-corrected chi connectivity index (χ2v) is 9.92. The van der Waals surface area contributed by atoms with Crippen LogP contribution in [0.25, 0.3) is 0 Å². The van der Waals surface area contributed by atoms with Crippen LogP contribution in [-0.4, -0.2) is 55.5 Å². The SMILES string of the molecule is CCOC(=O)c1cc(CC)sc1NC(=O)CN1CCC(C(=O)NCCc2cccs2)CC1. The Morgan fingerprint density at radius 1 is 1.19 bits per heavy atom. The molecule has 2 aromatic heterocycles. The second-order valence-electron chi connectivity index (χ2n) is 7.75. The Morgan fingerprint density at radius 3 is 2.62 bits per heavy atom. The lowest BCUT2D eigenvalue weighted by Crippen LogP contribution is -2.43. The van der Waals surface area contributed by atoms with Gasteiger partial charge >= 0.3 is 5.97 Å². The summed E-state index contributed by atoms with van der Waals surface area (Å²) in [6.07, 6.45) is 3.13. The lowest BCUT2D eigenvalue weighted by Gasteiger charge is -2.30. The van der Waals surface area contributed by atoms with Crippen molar-refractivity contribution in [1.29, 1.82) is 0 Å². The molecular weight excluding hydrogens is 446 g/mol. The van der Waals surface area contributed by atoms with Gasteiger partial charge in [0.15, 0.2) is 0 Å². The molecule has 2 amide bonds. The number of thiophene rings is 2. The Balaban J connectivity index is 1.43. The van der Waals surface area contributed by atoms with Crippen LogP contribution in [-0.2, 0) is 27.2 Å². The number of nitrogens with zero attached hydrogens (tertiary/aromatic N) is 1. The maximum absolute atomic E-state index is 12.6. The van der Waals surface area contributed by atoms with Crippen LogP contribution < -0.4 is 10.6 Å².